The van der Waals surface area contributed by atoms with E-state index in [4.69, 9.17) is 4.74 Å². The van der Waals surface area contributed by atoms with Crippen molar-refractivity contribution in [1.82, 2.24) is 15.5 Å². The summed E-state index contributed by atoms with van der Waals surface area (Å²) in [5.74, 6) is 0.881. The fourth-order valence-corrected chi connectivity index (χ4v) is 3.20. The van der Waals surface area contributed by atoms with Gasteiger partial charge in [0, 0.05) is 46.4 Å². The number of benzene rings is 1. The fraction of sp³-hybridized carbons (Fsp3) is 0.650. The molecular formula is C20H34N4O. The molecule has 1 aromatic carbocycles. The first-order valence-corrected chi connectivity index (χ1v) is 9.37. The van der Waals surface area contributed by atoms with E-state index in [0.717, 1.165) is 51.2 Å². The lowest BCUT2D eigenvalue weighted by molar-refractivity contribution is 0.144. The highest BCUT2D eigenvalue weighted by atomic mass is 16.5. The number of aryl methyl sites for hydroxylation is 2. The van der Waals surface area contributed by atoms with Gasteiger partial charge in [-0.05, 0) is 38.7 Å². The van der Waals surface area contributed by atoms with E-state index in [1.54, 1.807) is 7.11 Å². The number of ether oxygens (including phenoxy) is 1. The lowest BCUT2D eigenvalue weighted by atomic mass is 10.1. The van der Waals surface area contributed by atoms with Gasteiger partial charge in [0.2, 0.25) is 0 Å². The number of guanidine groups is 1. The number of nitrogens with zero attached hydrogens (tertiary/aromatic N) is 2. The maximum absolute atomic E-state index is 5.21. The predicted octanol–water partition coefficient (Wildman–Crippen LogP) is 2.12. The molecular weight excluding hydrogens is 312 g/mol. The van der Waals surface area contributed by atoms with Crippen molar-refractivity contribution in [3.63, 3.8) is 0 Å². The number of nitrogens with one attached hydrogen (secondary N) is 2. The average Bonchev–Trinajstić information content (AvgIpc) is 3.40. The number of methoxy groups -OCH3 is 1. The van der Waals surface area contributed by atoms with Gasteiger partial charge in [-0.15, -0.1) is 0 Å². The van der Waals surface area contributed by atoms with Crippen molar-refractivity contribution in [2.75, 3.05) is 46.9 Å². The van der Waals surface area contributed by atoms with Crippen LogP contribution in [0.2, 0.25) is 0 Å². The van der Waals surface area contributed by atoms with Crippen LogP contribution in [0.4, 0.5) is 0 Å². The van der Waals surface area contributed by atoms with Crippen LogP contribution in [-0.4, -0.2) is 63.8 Å². The van der Waals surface area contributed by atoms with E-state index in [-0.39, 0.29) is 0 Å². The quantitative estimate of drug-likeness (QED) is 0.503. The van der Waals surface area contributed by atoms with Gasteiger partial charge in [-0.3, -0.25) is 9.89 Å². The Morgan fingerprint density at radius 1 is 1.12 bits per heavy atom. The summed E-state index contributed by atoms with van der Waals surface area (Å²) in [5.41, 5.74) is 4.03. The Labute approximate surface area is 152 Å². The molecule has 0 heterocycles. The molecule has 140 valence electrons. The Morgan fingerprint density at radius 2 is 1.80 bits per heavy atom. The van der Waals surface area contributed by atoms with E-state index >= 15 is 0 Å². The normalized spacial score (nSPS) is 14.8. The van der Waals surface area contributed by atoms with Gasteiger partial charge >= 0.3 is 0 Å². The third kappa shape index (κ3) is 7.45. The Hall–Kier alpha value is -1.59. The smallest absolute Gasteiger partial charge is 0.191 e. The molecule has 5 nitrogen and oxygen atoms in total. The molecule has 0 unspecified atom stereocenters. The molecule has 1 saturated carbocycles. The second-order valence-corrected chi connectivity index (χ2v) is 6.93. The molecule has 1 fully saturated rings. The molecule has 2 N–H and O–H groups in total. The van der Waals surface area contributed by atoms with Gasteiger partial charge < -0.3 is 15.4 Å². The van der Waals surface area contributed by atoms with E-state index in [1.807, 2.05) is 7.05 Å². The summed E-state index contributed by atoms with van der Waals surface area (Å²) in [6, 6.07) is 7.49. The zero-order chi connectivity index (χ0) is 18.1. The second-order valence-electron chi connectivity index (χ2n) is 6.93. The van der Waals surface area contributed by atoms with Crippen LogP contribution in [0.1, 0.15) is 29.5 Å². The average molecular weight is 347 g/mol. The molecule has 2 rings (SSSR count). The predicted molar refractivity (Wildman–Crippen MR) is 105 cm³/mol. The third-order valence-corrected chi connectivity index (χ3v) is 4.55. The van der Waals surface area contributed by atoms with Gasteiger partial charge in [-0.2, -0.15) is 0 Å². The monoisotopic (exact) mass is 346 g/mol. The first-order chi connectivity index (χ1) is 12.1. The van der Waals surface area contributed by atoms with Crippen LogP contribution in [0, 0.1) is 13.8 Å². The van der Waals surface area contributed by atoms with Crippen LogP contribution in [0.3, 0.4) is 0 Å². The molecule has 0 aromatic heterocycles. The summed E-state index contributed by atoms with van der Waals surface area (Å²) in [7, 11) is 3.60. The minimum absolute atomic E-state index is 0.761. The standard InChI is InChI=1S/C20H34N4O/c1-16-13-17(2)15-18(14-16)7-8-22-20(21-3)23-9-10-24(11-12-25-4)19-5-6-19/h13-15,19H,5-12H2,1-4H3,(H2,21,22,23). The number of hydrogen-bond acceptors (Lipinski definition) is 3. The van der Waals surface area contributed by atoms with E-state index in [2.05, 4.69) is 52.6 Å². The van der Waals surface area contributed by atoms with E-state index < -0.39 is 0 Å². The topological polar surface area (TPSA) is 48.9 Å². The Balaban J connectivity index is 1.67. The molecule has 0 bridgehead atoms. The molecule has 1 aliphatic carbocycles. The van der Waals surface area contributed by atoms with Crippen molar-refractivity contribution in [2.45, 2.75) is 39.2 Å². The molecule has 0 radical (unpaired) electrons. The fourth-order valence-electron chi connectivity index (χ4n) is 3.20. The van der Waals surface area contributed by atoms with Crippen molar-refractivity contribution in [3.8, 4) is 0 Å². The molecule has 25 heavy (non-hydrogen) atoms. The Morgan fingerprint density at radius 3 is 2.40 bits per heavy atom. The Kier molecular flexibility index (Phi) is 8.22. The van der Waals surface area contributed by atoms with E-state index in [0.29, 0.717) is 0 Å². The number of aliphatic imine (C=N–C) groups is 1. The van der Waals surface area contributed by atoms with Crippen molar-refractivity contribution in [2.24, 2.45) is 4.99 Å². The third-order valence-electron chi connectivity index (χ3n) is 4.55. The SMILES string of the molecule is CN=C(NCCc1cc(C)cc(C)c1)NCCN(CCOC)C1CC1. The molecule has 0 saturated heterocycles. The van der Waals surface area contributed by atoms with Gasteiger partial charge in [0.15, 0.2) is 5.96 Å². The van der Waals surface area contributed by atoms with Gasteiger partial charge in [-0.25, -0.2) is 0 Å². The molecule has 0 spiro atoms. The first-order valence-electron chi connectivity index (χ1n) is 9.37. The van der Waals surface area contributed by atoms with Gasteiger partial charge in [-0.1, -0.05) is 29.3 Å². The van der Waals surface area contributed by atoms with Crippen LogP contribution in [0.5, 0.6) is 0 Å². The van der Waals surface area contributed by atoms with Gasteiger partial charge in [0.05, 0.1) is 6.61 Å². The maximum atomic E-state index is 5.21. The van der Waals surface area contributed by atoms with Crippen LogP contribution in [0.15, 0.2) is 23.2 Å². The minimum Gasteiger partial charge on any atom is -0.383 e. The van der Waals surface area contributed by atoms with Crippen molar-refractivity contribution < 1.29 is 4.74 Å². The van der Waals surface area contributed by atoms with Crippen molar-refractivity contribution >= 4 is 5.96 Å². The van der Waals surface area contributed by atoms with Gasteiger partial charge in [0.1, 0.15) is 0 Å². The zero-order valence-corrected chi connectivity index (χ0v) is 16.3. The molecule has 0 aliphatic heterocycles. The summed E-state index contributed by atoms with van der Waals surface area (Å²) in [6.07, 6.45) is 3.66. The van der Waals surface area contributed by atoms with Crippen molar-refractivity contribution in [1.29, 1.82) is 0 Å². The minimum atomic E-state index is 0.761. The number of hydrogen-bond donors (Lipinski definition) is 2. The molecule has 1 aliphatic rings. The first kappa shape index (κ1) is 19.7. The van der Waals surface area contributed by atoms with Crippen LogP contribution in [-0.2, 0) is 11.2 Å². The van der Waals surface area contributed by atoms with Gasteiger partial charge in [0.25, 0.3) is 0 Å². The highest BCUT2D eigenvalue weighted by Crippen LogP contribution is 2.25. The summed E-state index contributed by atoms with van der Waals surface area (Å²) in [5, 5.41) is 6.84. The Bertz CT molecular complexity index is 534. The largest absolute Gasteiger partial charge is 0.383 e. The molecule has 0 atom stereocenters. The highest BCUT2D eigenvalue weighted by Gasteiger charge is 2.28. The number of rotatable bonds is 10. The zero-order valence-electron chi connectivity index (χ0n) is 16.3. The summed E-state index contributed by atoms with van der Waals surface area (Å²) in [6.45, 7) is 8.95. The molecule has 1 aromatic rings. The second kappa shape index (κ2) is 10.4. The lowest BCUT2D eigenvalue weighted by Crippen LogP contribution is -2.43. The molecule has 5 heteroatoms. The van der Waals surface area contributed by atoms with Crippen LogP contribution < -0.4 is 10.6 Å². The van der Waals surface area contributed by atoms with E-state index in [9.17, 15) is 0 Å². The van der Waals surface area contributed by atoms with E-state index in [1.165, 1.54) is 29.5 Å². The molecule has 0 amide bonds. The highest BCUT2D eigenvalue weighted by molar-refractivity contribution is 5.79. The maximum Gasteiger partial charge on any atom is 0.191 e. The summed E-state index contributed by atoms with van der Waals surface area (Å²) < 4.78 is 5.21. The lowest BCUT2D eigenvalue weighted by Gasteiger charge is -2.22. The van der Waals surface area contributed by atoms with Crippen LogP contribution >= 0.6 is 0 Å². The summed E-state index contributed by atoms with van der Waals surface area (Å²) in [4.78, 5) is 6.84. The van der Waals surface area contributed by atoms with Crippen molar-refractivity contribution in [3.05, 3.63) is 34.9 Å². The summed E-state index contributed by atoms with van der Waals surface area (Å²) >= 11 is 0. The van der Waals surface area contributed by atoms with Crippen LogP contribution in [0.25, 0.3) is 0 Å².